The Labute approximate surface area is 160 Å². The molecule has 0 atom stereocenters. The average Bonchev–Trinajstić information content (AvgIpc) is 2.68. The van der Waals surface area contributed by atoms with E-state index < -0.39 is 0 Å². The molecule has 3 rings (SSSR count). The predicted molar refractivity (Wildman–Crippen MR) is 106 cm³/mol. The number of hydrogen-bond acceptors (Lipinski definition) is 4. The summed E-state index contributed by atoms with van der Waals surface area (Å²) in [6.45, 7) is 7.38. The molecule has 1 aromatic heterocycles. The molecule has 0 radical (unpaired) electrons. The summed E-state index contributed by atoms with van der Waals surface area (Å²) in [5.74, 6) is 0.0618. The van der Waals surface area contributed by atoms with Gasteiger partial charge in [0.1, 0.15) is 0 Å². The maximum Gasteiger partial charge on any atom is 0.255 e. The van der Waals surface area contributed by atoms with Gasteiger partial charge in [-0.15, -0.1) is 0 Å². The summed E-state index contributed by atoms with van der Waals surface area (Å²) in [6, 6.07) is 9.74. The maximum absolute atomic E-state index is 12.7. The van der Waals surface area contributed by atoms with Crippen molar-refractivity contribution < 1.29 is 4.79 Å². The number of hydrogen-bond donors (Lipinski definition) is 1. The van der Waals surface area contributed by atoms with E-state index in [-0.39, 0.29) is 5.91 Å². The lowest BCUT2D eigenvalue weighted by atomic mass is 10.1. The Kier molecular flexibility index (Phi) is 6.47. The van der Waals surface area contributed by atoms with E-state index in [0.29, 0.717) is 5.56 Å². The zero-order chi connectivity index (χ0) is 18.4. The molecular weight excluding hydrogens is 348 g/mol. The van der Waals surface area contributed by atoms with Crippen LogP contribution in [0, 0.1) is 0 Å². The number of halogens is 1. The maximum atomic E-state index is 12.7. The van der Waals surface area contributed by atoms with Crippen LogP contribution < -0.4 is 5.32 Å². The highest BCUT2D eigenvalue weighted by atomic mass is 35.5. The van der Waals surface area contributed by atoms with Gasteiger partial charge in [-0.2, -0.15) is 0 Å². The van der Waals surface area contributed by atoms with Crippen LogP contribution in [0.2, 0.25) is 5.02 Å². The molecule has 5 nitrogen and oxygen atoms in total. The molecule has 0 bridgehead atoms. The minimum atomic E-state index is 0.0618. The molecule has 26 heavy (non-hydrogen) atoms. The highest BCUT2D eigenvalue weighted by Crippen LogP contribution is 2.14. The second-order valence-corrected chi connectivity index (χ2v) is 6.93. The third-order valence-corrected chi connectivity index (χ3v) is 4.96. The smallest absolute Gasteiger partial charge is 0.255 e. The second kappa shape index (κ2) is 9.01. The van der Waals surface area contributed by atoms with Crippen molar-refractivity contribution in [2.75, 3.05) is 44.6 Å². The Balaban J connectivity index is 1.55. The van der Waals surface area contributed by atoms with Crippen molar-refractivity contribution in [2.45, 2.75) is 13.3 Å². The van der Waals surface area contributed by atoms with Crippen molar-refractivity contribution in [3.8, 4) is 0 Å². The standard InChI is InChI=1S/C20H25ClN4O/c1-2-24-8-10-25(11-9-24)20(26)17-13-19(15-22-14-17)23-7-6-16-4-3-5-18(21)12-16/h3-5,12-15,23H,2,6-11H2,1H3. The fraction of sp³-hybridized carbons (Fsp3) is 0.400. The van der Waals surface area contributed by atoms with Crippen LogP contribution in [0.3, 0.4) is 0 Å². The van der Waals surface area contributed by atoms with Gasteiger partial charge < -0.3 is 15.1 Å². The number of carbonyl (C=O) groups is 1. The number of pyridine rings is 1. The molecule has 138 valence electrons. The summed E-state index contributed by atoms with van der Waals surface area (Å²) in [6.07, 6.45) is 4.26. The fourth-order valence-electron chi connectivity index (χ4n) is 3.15. The van der Waals surface area contributed by atoms with E-state index in [9.17, 15) is 4.79 Å². The van der Waals surface area contributed by atoms with Crippen molar-refractivity contribution in [1.82, 2.24) is 14.8 Å². The van der Waals surface area contributed by atoms with Crippen molar-refractivity contribution in [3.05, 3.63) is 58.9 Å². The number of aromatic nitrogens is 1. The van der Waals surface area contributed by atoms with Gasteiger partial charge >= 0.3 is 0 Å². The lowest BCUT2D eigenvalue weighted by Gasteiger charge is -2.34. The third-order valence-electron chi connectivity index (χ3n) is 4.72. The molecule has 1 N–H and O–H groups in total. The molecule has 2 aromatic rings. The second-order valence-electron chi connectivity index (χ2n) is 6.50. The van der Waals surface area contributed by atoms with Gasteiger partial charge in [-0.25, -0.2) is 0 Å². The number of carbonyl (C=O) groups excluding carboxylic acids is 1. The summed E-state index contributed by atoms with van der Waals surface area (Å²) < 4.78 is 0. The van der Waals surface area contributed by atoms with Crippen LogP contribution in [0.4, 0.5) is 5.69 Å². The van der Waals surface area contributed by atoms with Crippen LogP contribution in [-0.2, 0) is 6.42 Å². The molecule has 1 aliphatic rings. The van der Waals surface area contributed by atoms with E-state index >= 15 is 0 Å². The molecule has 0 spiro atoms. The Morgan fingerprint density at radius 1 is 1.19 bits per heavy atom. The lowest BCUT2D eigenvalue weighted by molar-refractivity contribution is 0.0643. The zero-order valence-corrected chi connectivity index (χ0v) is 15.9. The van der Waals surface area contributed by atoms with Crippen molar-refractivity contribution in [1.29, 1.82) is 0 Å². The highest BCUT2D eigenvalue weighted by molar-refractivity contribution is 6.30. The quantitative estimate of drug-likeness (QED) is 0.846. The summed E-state index contributed by atoms with van der Waals surface area (Å²) in [7, 11) is 0. The number of piperazine rings is 1. The predicted octanol–water partition coefficient (Wildman–Crippen LogP) is 3.17. The highest BCUT2D eigenvalue weighted by Gasteiger charge is 2.21. The number of nitrogens with zero attached hydrogens (tertiary/aromatic N) is 3. The first kappa shape index (κ1) is 18.7. The SMILES string of the molecule is CCN1CCN(C(=O)c2cncc(NCCc3cccc(Cl)c3)c2)CC1. The van der Waals surface area contributed by atoms with Crippen LogP contribution in [-0.4, -0.2) is 60.0 Å². The number of likely N-dealkylation sites (N-methyl/N-ethyl adjacent to an activating group) is 1. The topological polar surface area (TPSA) is 48.5 Å². The van der Waals surface area contributed by atoms with Gasteiger partial charge in [-0.1, -0.05) is 30.7 Å². The molecule has 0 aliphatic carbocycles. The summed E-state index contributed by atoms with van der Waals surface area (Å²) in [4.78, 5) is 21.2. The minimum absolute atomic E-state index is 0.0618. The lowest BCUT2D eigenvalue weighted by Crippen LogP contribution is -2.48. The number of benzene rings is 1. The molecule has 1 aromatic carbocycles. The van der Waals surface area contributed by atoms with E-state index in [0.717, 1.165) is 56.4 Å². The molecule has 2 heterocycles. The Hall–Kier alpha value is -2.11. The van der Waals surface area contributed by atoms with Gasteiger partial charge in [-0.05, 0) is 36.7 Å². The summed E-state index contributed by atoms with van der Waals surface area (Å²) in [5, 5.41) is 4.09. The van der Waals surface area contributed by atoms with Crippen LogP contribution in [0.5, 0.6) is 0 Å². The molecule has 1 fully saturated rings. The molecule has 0 saturated carbocycles. The van der Waals surface area contributed by atoms with Crippen LogP contribution in [0.1, 0.15) is 22.8 Å². The van der Waals surface area contributed by atoms with Gasteiger partial charge in [-0.3, -0.25) is 9.78 Å². The Bertz CT molecular complexity index is 744. The largest absolute Gasteiger partial charge is 0.383 e. The van der Waals surface area contributed by atoms with Gasteiger partial charge in [0.05, 0.1) is 11.3 Å². The molecule has 6 heteroatoms. The summed E-state index contributed by atoms with van der Waals surface area (Å²) in [5.41, 5.74) is 2.69. The number of anilines is 1. The van der Waals surface area contributed by atoms with E-state index in [1.807, 2.05) is 29.2 Å². The first-order valence-corrected chi connectivity index (χ1v) is 9.48. The first-order chi connectivity index (χ1) is 12.7. The normalized spacial score (nSPS) is 15.1. The monoisotopic (exact) mass is 372 g/mol. The fourth-order valence-corrected chi connectivity index (χ4v) is 3.36. The van der Waals surface area contributed by atoms with Crippen molar-refractivity contribution in [3.63, 3.8) is 0 Å². The van der Waals surface area contributed by atoms with Crippen LogP contribution in [0.25, 0.3) is 0 Å². The average molecular weight is 373 g/mol. The van der Waals surface area contributed by atoms with Gasteiger partial charge in [0.25, 0.3) is 5.91 Å². The van der Waals surface area contributed by atoms with Gasteiger partial charge in [0.2, 0.25) is 0 Å². The first-order valence-electron chi connectivity index (χ1n) is 9.10. The van der Waals surface area contributed by atoms with Crippen LogP contribution in [0.15, 0.2) is 42.7 Å². The van der Waals surface area contributed by atoms with Crippen molar-refractivity contribution in [2.24, 2.45) is 0 Å². The molecule has 1 saturated heterocycles. The summed E-state index contributed by atoms with van der Waals surface area (Å²) >= 11 is 6.01. The van der Waals surface area contributed by atoms with Gasteiger partial charge in [0.15, 0.2) is 0 Å². The number of nitrogens with one attached hydrogen (secondary N) is 1. The van der Waals surface area contributed by atoms with E-state index in [2.05, 4.69) is 28.2 Å². The molecular formula is C20H25ClN4O. The Morgan fingerprint density at radius 3 is 2.73 bits per heavy atom. The zero-order valence-electron chi connectivity index (χ0n) is 15.1. The Morgan fingerprint density at radius 2 is 2.00 bits per heavy atom. The molecule has 1 aliphatic heterocycles. The minimum Gasteiger partial charge on any atom is -0.383 e. The number of amides is 1. The van der Waals surface area contributed by atoms with E-state index in [1.165, 1.54) is 5.56 Å². The number of rotatable bonds is 6. The molecule has 1 amide bonds. The van der Waals surface area contributed by atoms with E-state index in [4.69, 9.17) is 11.6 Å². The van der Waals surface area contributed by atoms with Crippen molar-refractivity contribution >= 4 is 23.2 Å². The van der Waals surface area contributed by atoms with Crippen LogP contribution >= 0.6 is 11.6 Å². The van der Waals surface area contributed by atoms with E-state index in [1.54, 1.807) is 12.4 Å². The molecule has 0 unspecified atom stereocenters. The third kappa shape index (κ3) is 4.96. The van der Waals surface area contributed by atoms with Gasteiger partial charge in [0, 0.05) is 50.1 Å².